The molecule has 3 aromatic rings. The van der Waals surface area contributed by atoms with Gasteiger partial charge in [0.1, 0.15) is 0 Å². The van der Waals surface area contributed by atoms with Gasteiger partial charge < -0.3 is 10.3 Å². The lowest BCUT2D eigenvalue weighted by atomic mass is 10.0. The second-order valence-corrected chi connectivity index (χ2v) is 5.99. The van der Waals surface area contributed by atoms with Crippen LogP contribution in [0.15, 0.2) is 60.7 Å². The van der Waals surface area contributed by atoms with E-state index in [0.717, 1.165) is 29.9 Å². The maximum Gasteiger partial charge on any atom is 0.250 e. The number of amides is 1. The molecule has 0 fully saturated rings. The van der Waals surface area contributed by atoms with Gasteiger partial charge in [0.15, 0.2) is 0 Å². The lowest BCUT2D eigenvalue weighted by molar-refractivity contribution is 0.0999. The van der Waals surface area contributed by atoms with Gasteiger partial charge in [-0.05, 0) is 36.1 Å². The first-order valence-corrected chi connectivity index (χ1v) is 8.27. The fraction of sp³-hybridized carbons (Fsp3) is 0.190. The van der Waals surface area contributed by atoms with E-state index in [1.165, 1.54) is 11.1 Å². The van der Waals surface area contributed by atoms with E-state index in [1.807, 2.05) is 31.2 Å². The van der Waals surface area contributed by atoms with Crippen LogP contribution in [0, 0.1) is 6.92 Å². The van der Waals surface area contributed by atoms with E-state index < -0.39 is 0 Å². The molecule has 2 N–H and O–H groups in total. The third kappa shape index (κ3) is 2.98. The highest BCUT2D eigenvalue weighted by atomic mass is 16.1. The van der Waals surface area contributed by atoms with Crippen LogP contribution in [-0.4, -0.2) is 10.5 Å². The normalized spacial score (nSPS) is 10.8. The second kappa shape index (κ2) is 6.75. The fourth-order valence-electron chi connectivity index (χ4n) is 3.11. The van der Waals surface area contributed by atoms with Gasteiger partial charge in [0.05, 0.1) is 5.56 Å². The van der Waals surface area contributed by atoms with Crippen molar-refractivity contribution in [1.82, 2.24) is 4.57 Å². The summed E-state index contributed by atoms with van der Waals surface area (Å²) >= 11 is 0. The Morgan fingerprint density at radius 1 is 0.958 bits per heavy atom. The molecule has 24 heavy (non-hydrogen) atoms. The molecule has 0 saturated heterocycles. The molecular weight excluding hydrogens is 296 g/mol. The van der Waals surface area contributed by atoms with E-state index in [4.69, 9.17) is 5.73 Å². The highest BCUT2D eigenvalue weighted by Crippen LogP contribution is 2.28. The lowest BCUT2D eigenvalue weighted by Gasteiger charge is -2.11. The number of rotatable bonds is 5. The van der Waals surface area contributed by atoms with Gasteiger partial charge in [-0.2, -0.15) is 0 Å². The number of nitrogens with two attached hydrogens (primary N) is 1. The van der Waals surface area contributed by atoms with Gasteiger partial charge in [-0.25, -0.2) is 0 Å². The topological polar surface area (TPSA) is 48.0 Å². The summed E-state index contributed by atoms with van der Waals surface area (Å²) < 4.78 is 2.18. The van der Waals surface area contributed by atoms with Crippen LogP contribution in [0.4, 0.5) is 0 Å². The SMILES string of the molecule is CCCn1c(-c2ccc(-c3ccccc3)cc2)cc(C(N)=O)c1C. The van der Waals surface area contributed by atoms with Gasteiger partial charge >= 0.3 is 0 Å². The van der Waals surface area contributed by atoms with Crippen molar-refractivity contribution < 1.29 is 4.79 Å². The summed E-state index contributed by atoms with van der Waals surface area (Å²) in [6.07, 6.45) is 1.00. The Labute approximate surface area is 142 Å². The zero-order valence-electron chi connectivity index (χ0n) is 14.1. The van der Waals surface area contributed by atoms with Crippen molar-refractivity contribution in [3.63, 3.8) is 0 Å². The molecule has 3 nitrogen and oxygen atoms in total. The van der Waals surface area contributed by atoms with E-state index in [-0.39, 0.29) is 5.91 Å². The number of carbonyl (C=O) groups excluding carboxylic acids is 1. The second-order valence-electron chi connectivity index (χ2n) is 5.99. The molecular formula is C21H22N2O. The molecule has 2 aromatic carbocycles. The van der Waals surface area contributed by atoms with E-state index in [9.17, 15) is 4.79 Å². The van der Waals surface area contributed by atoms with Crippen LogP contribution < -0.4 is 5.73 Å². The summed E-state index contributed by atoms with van der Waals surface area (Å²) in [6, 6.07) is 20.7. The summed E-state index contributed by atoms with van der Waals surface area (Å²) in [4.78, 5) is 11.7. The first-order valence-electron chi connectivity index (χ1n) is 8.27. The molecule has 0 atom stereocenters. The molecule has 0 saturated carbocycles. The summed E-state index contributed by atoms with van der Waals surface area (Å²) in [6.45, 7) is 4.96. The molecule has 0 aliphatic carbocycles. The van der Waals surface area contributed by atoms with Gasteiger partial charge in [-0.1, -0.05) is 61.5 Å². The van der Waals surface area contributed by atoms with Gasteiger partial charge in [-0.3, -0.25) is 4.79 Å². The molecule has 3 heteroatoms. The molecule has 1 aromatic heterocycles. The summed E-state index contributed by atoms with van der Waals surface area (Å²) in [7, 11) is 0. The molecule has 0 bridgehead atoms. The first kappa shape index (κ1) is 16.1. The average Bonchev–Trinajstić information content (AvgIpc) is 2.93. The van der Waals surface area contributed by atoms with Gasteiger partial charge in [0.2, 0.25) is 0 Å². The van der Waals surface area contributed by atoms with E-state index in [1.54, 1.807) is 0 Å². The van der Waals surface area contributed by atoms with Crippen molar-refractivity contribution in [1.29, 1.82) is 0 Å². The standard InChI is InChI=1S/C21H22N2O/c1-3-13-23-15(2)19(21(22)24)14-20(23)18-11-9-17(10-12-18)16-7-5-4-6-8-16/h4-12,14H,3,13H2,1-2H3,(H2,22,24). The van der Waals surface area contributed by atoms with Crippen LogP contribution in [0.2, 0.25) is 0 Å². The molecule has 0 aliphatic rings. The predicted molar refractivity (Wildman–Crippen MR) is 98.8 cm³/mol. The Morgan fingerprint density at radius 2 is 1.54 bits per heavy atom. The number of carbonyl (C=O) groups is 1. The van der Waals surface area contributed by atoms with Crippen LogP contribution in [0.25, 0.3) is 22.4 Å². The fourth-order valence-corrected chi connectivity index (χ4v) is 3.11. The third-order valence-corrected chi connectivity index (χ3v) is 4.37. The van der Waals surface area contributed by atoms with Crippen LogP contribution in [0.5, 0.6) is 0 Å². The minimum atomic E-state index is -0.371. The monoisotopic (exact) mass is 318 g/mol. The maximum atomic E-state index is 11.7. The van der Waals surface area contributed by atoms with Crippen molar-refractivity contribution in [2.24, 2.45) is 5.73 Å². The minimum Gasteiger partial charge on any atom is -0.366 e. The van der Waals surface area contributed by atoms with Crippen LogP contribution >= 0.6 is 0 Å². The van der Waals surface area contributed by atoms with Crippen LogP contribution in [0.3, 0.4) is 0 Å². The van der Waals surface area contributed by atoms with E-state index in [0.29, 0.717) is 5.56 Å². The van der Waals surface area contributed by atoms with Crippen molar-refractivity contribution >= 4 is 5.91 Å². The zero-order valence-corrected chi connectivity index (χ0v) is 14.1. The Hall–Kier alpha value is -2.81. The Balaban J connectivity index is 2.03. The number of primary amides is 1. The lowest BCUT2D eigenvalue weighted by Crippen LogP contribution is -2.12. The molecule has 0 radical (unpaired) electrons. The quantitative estimate of drug-likeness (QED) is 0.732. The summed E-state index contributed by atoms with van der Waals surface area (Å²) in [5, 5.41) is 0. The first-order chi connectivity index (χ1) is 11.6. The zero-order chi connectivity index (χ0) is 17.1. The third-order valence-electron chi connectivity index (χ3n) is 4.37. The average molecular weight is 318 g/mol. The maximum absolute atomic E-state index is 11.7. The summed E-state index contributed by atoms with van der Waals surface area (Å²) in [5.74, 6) is -0.371. The Kier molecular flexibility index (Phi) is 4.52. The van der Waals surface area contributed by atoms with Crippen molar-refractivity contribution in [3.8, 4) is 22.4 Å². The van der Waals surface area contributed by atoms with Gasteiger partial charge in [-0.15, -0.1) is 0 Å². The molecule has 0 aliphatic heterocycles. The van der Waals surface area contributed by atoms with Crippen LogP contribution in [-0.2, 0) is 6.54 Å². The highest BCUT2D eigenvalue weighted by Gasteiger charge is 2.16. The number of benzene rings is 2. The summed E-state index contributed by atoms with van der Waals surface area (Å²) in [5.41, 5.74) is 11.6. The number of nitrogens with zero attached hydrogens (tertiary/aromatic N) is 1. The van der Waals surface area contributed by atoms with Gasteiger partial charge in [0.25, 0.3) is 5.91 Å². The Bertz CT molecular complexity index is 846. The van der Waals surface area contributed by atoms with Crippen LogP contribution in [0.1, 0.15) is 29.4 Å². The number of aromatic nitrogens is 1. The van der Waals surface area contributed by atoms with Gasteiger partial charge in [0, 0.05) is 17.9 Å². The molecule has 0 unspecified atom stereocenters. The number of hydrogen-bond donors (Lipinski definition) is 1. The molecule has 122 valence electrons. The minimum absolute atomic E-state index is 0.371. The van der Waals surface area contributed by atoms with Crippen molar-refractivity contribution in [2.45, 2.75) is 26.8 Å². The van der Waals surface area contributed by atoms with Crippen molar-refractivity contribution in [2.75, 3.05) is 0 Å². The Morgan fingerprint density at radius 3 is 2.12 bits per heavy atom. The smallest absolute Gasteiger partial charge is 0.250 e. The number of hydrogen-bond acceptors (Lipinski definition) is 1. The molecule has 1 heterocycles. The molecule has 0 spiro atoms. The highest BCUT2D eigenvalue weighted by molar-refractivity contribution is 5.95. The van der Waals surface area contributed by atoms with Crippen molar-refractivity contribution in [3.05, 3.63) is 71.9 Å². The largest absolute Gasteiger partial charge is 0.366 e. The predicted octanol–water partition coefficient (Wildman–Crippen LogP) is 4.64. The molecule has 1 amide bonds. The molecule has 3 rings (SSSR count). The van der Waals surface area contributed by atoms with E-state index in [2.05, 4.69) is 47.9 Å². The van der Waals surface area contributed by atoms with E-state index >= 15 is 0 Å².